The first-order valence-electron chi connectivity index (χ1n) is 6.33. The molecule has 2 aromatic rings. The summed E-state index contributed by atoms with van der Waals surface area (Å²) in [6.07, 6.45) is -0.528. The zero-order valence-electron chi connectivity index (χ0n) is 11.4. The highest BCUT2D eigenvalue weighted by Gasteiger charge is 2.20. The highest BCUT2D eigenvalue weighted by molar-refractivity contribution is 14.1. The summed E-state index contributed by atoms with van der Waals surface area (Å²) in [6.45, 7) is 1.76. The number of halogens is 1. The molecule has 0 aliphatic rings. The Balaban J connectivity index is 2.03. The fourth-order valence-electron chi connectivity index (χ4n) is 1.82. The molecular formula is C16H16INO2. The van der Waals surface area contributed by atoms with E-state index < -0.39 is 6.10 Å². The van der Waals surface area contributed by atoms with Gasteiger partial charge in [-0.1, -0.05) is 18.2 Å². The number of nitrogens with zero attached hydrogens (tertiary/aromatic N) is 1. The first kappa shape index (κ1) is 14.8. The Morgan fingerprint density at radius 2 is 1.70 bits per heavy atom. The van der Waals surface area contributed by atoms with Gasteiger partial charge in [-0.25, -0.2) is 0 Å². The van der Waals surface area contributed by atoms with Gasteiger partial charge in [0.2, 0.25) is 0 Å². The molecule has 0 radical (unpaired) electrons. The first-order chi connectivity index (χ1) is 9.58. The Hall–Kier alpha value is -1.56. The molecule has 1 amide bonds. The molecule has 1 unspecified atom stereocenters. The van der Waals surface area contributed by atoms with E-state index in [-0.39, 0.29) is 5.91 Å². The van der Waals surface area contributed by atoms with Crippen molar-refractivity contribution in [3.05, 3.63) is 58.2 Å². The number of carbonyl (C=O) groups excluding carboxylic acids is 1. The number of likely N-dealkylation sites (N-methyl/N-ethyl adjacent to an activating group) is 1. The van der Waals surface area contributed by atoms with Crippen molar-refractivity contribution in [2.24, 2.45) is 0 Å². The molecule has 0 N–H and O–H groups in total. The van der Waals surface area contributed by atoms with Crippen LogP contribution in [0.1, 0.15) is 6.92 Å². The summed E-state index contributed by atoms with van der Waals surface area (Å²) in [4.78, 5) is 13.9. The number of hydrogen-bond donors (Lipinski definition) is 0. The van der Waals surface area contributed by atoms with Crippen LogP contribution in [0.15, 0.2) is 54.6 Å². The number of ether oxygens (including phenoxy) is 1. The summed E-state index contributed by atoms with van der Waals surface area (Å²) in [7, 11) is 1.76. The molecule has 4 heteroatoms. The molecule has 104 valence electrons. The van der Waals surface area contributed by atoms with E-state index in [4.69, 9.17) is 4.74 Å². The van der Waals surface area contributed by atoms with Gasteiger partial charge < -0.3 is 9.64 Å². The second kappa shape index (κ2) is 6.74. The number of benzene rings is 2. The Kier molecular flexibility index (Phi) is 5.00. The number of amides is 1. The molecule has 1 atom stereocenters. The van der Waals surface area contributed by atoms with Crippen LogP contribution in [0.4, 0.5) is 5.69 Å². The van der Waals surface area contributed by atoms with Crippen LogP contribution in [-0.4, -0.2) is 19.1 Å². The summed E-state index contributed by atoms with van der Waals surface area (Å²) >= 11 is 2.23. The molecule has 0 spiro atoms. The van der Waals surface area contributed by atoms with E-state index in [1.807, 2.05) is 54.6 Å². The average molecular weight is 381 g/mol. The van der Waals surface area contributed by atoms with E-state index in [2.05, 4.69) is 22.6 Å². The Morgan fingerprint density at radius 3 is 2.30 bits per heavy atom. The predicted molar refractivity (Wildman–Crippen MR) is 89.1 cm³/mol. The predicted octanol–water partition coefficient (Wildman–Crippen LogP) is 3.72. The minimum absolute atomic E-state index is 0.0743. The number of carbonyl (C=O) groups is 1. The van der Waals surface area contributed by atoms with Gasteiger partial charge in [-0.2, -0.15) is 0 Å². The molecule has 0 aromatic heterocycles. The molecule has 2 aromatic carbocycles. The van der Waals surface area contributed by atoms with Crippen LogP contribution in [0.3, 0.4) is 0 Å². The van der Waals surface area contributed by atoms with Gasteiger partial charge in [-0.05, 0) is 65.9 Å². The summed E-state index contributed by atoms with van der Waals surface area (Å²) in [5, 5.41) is 0. The fraction of sp³-hybridized carbons (Fsp3) is 0.188. The monoisotopic (exact) mass is 381 g/mol. The maximum atomic E-state index is 12.3. The van der Waals surface area contributed by atoms with Gasteiger partial charge in [0.1, 0.15) is 5.75 Å². The molecule has 0 saturated heterocycles. The van der Waals surface area contributed by atoms with Gasteiger partial charge in [0.05, 0.1) is 0 Å². The highest BCUT2D eigenvalue weighted by atomic mass is 127. The van der Waals surface area contributed by atoms with Crippen LogP contribution in [-0.2, 0) is 4.79 Å². The maximum absolute atomic E-state index is 12.3. The third-order valence-electron chi connectivity index (χ3n) is 2.95. The average Bonchev–Trinajstić information content (AvgIpc) is 2.49. The van der Waals surface area contributed by atoms with Gasteiger partial charge in [0.15, 0.2) is 6.10 Å². The number of hydrogen-bond acceptors (Lipinski definition) is 2. The summed E-state index contributed by atoms with van der Waals surface area (Å²) < 4.78 is 6.81. The largest absolute Gasteiger partial charge is 0.481 e. The van der Waals surface area contributed by atoms with E-state index in [0.717, 1.165) is 9.26 Å². The molecule has 3 nitrogen and oxygen atoms in total. The minimum Gasteiger partial charge on any atom is -0.481 e. The van der Waals surface area contributed by atoms with Crippen molar-refractivity contribution < 1.29 is 9.53 Å². The maximum Gasteiger partial charge on any atom is 0.267 e. The molecule has 20 heavy (non-hydrogen) atoms. The lowest BCUT2D eigenvalue weighted by atomic mass is 10.2. The molecular weight excluding hydrogens is 365 g/mol. The van der Waals surface area contributed by atoms with Crippen LogP contribution < -0.4 is 9.64 Å². The van der Waals surface area contributed by atoms with Crippen LogP contribution in [0.25, 0.3) is 0 Å². The quantitative estimate of drug-likeness (QED) is 0.756. The number of para-hydroxylation sites is 1. The Labute approximate surface area is 132 Å². The van der Waals surface area contributed by atoms with Crippen molar-refractivity contribution in [1.82, 2.24) is 0 Å². The minimum atomic E-state index is -0.528. The lowest BCUT2D eigenvalue weighted by molar-refractivity contribution is -0.124. The van der Waals surface area contributed by atoms with E-state index in [1.54, 1.807) is 18.9 Å². The Morgan fingerprint density at radius 1 is 1.10 bits per heavy atom. The smallest absolute Gasteiger partial charge is 0.267 e. The molecule has 0 aliphatic heterocycles. The summed E-state index contributed by atoms with van der Waals surface area (Å²) in [6, 6.07) is 17.2. The first-order valence-corrected chi connectivity index (χ1v) is 7.40. The van der Waals surface area contributed by atoms with Crippen molar-refractivity contribution in [2.75, 3.05) is 11.9 Å². The van der Waals surface area contributed by atoms with Crippen molar-refractivity contribution in [1.29, 1.82) is 0 Å². The molecule has 0 heterocycles. The zero-order valence-corrected chi connectivity index (χ0v) is 13.6. The van der Waals surface area contributed by atoms with E-state index in [9.17, 15) is 4.79 Å². The van der Waals surface area contributed by atoms with Gasteiger partial charge >= 0.3 is 0 Å². The van der Waals surface area contributed by atoms with Crippen molar-refractivity contribution in [2.45, 2.75) is 13.0 Å². The van der Waals surface area contributed by atoms with Gasteiger partial charge in [-0.3, -0.25) is 4.79 Å². The van der Waals surface area contributed by atoms with Crippen LogP contribution in [0.2, 0.25) is 0 Å². The third kappa shape index (κ3) is 3.72. The van der Waals surface area contributed by atoms with Crippen LogP contribution in [0.5, 0.6) is 5.75 Å². The zero-order chi connectivity index (χ0) is 14.5. The highest BCUT2D eigenvalue weighted by Crippen LogP contribution is 2.17. The summed E-state index contributed by atoms with van der Waals surface area (Å²) in [5.41, 5.74) is 0.857. The SMILES string of the molecule is CC(Oc1ccc(I)cc1)C(=O)N(C)c1ccccc1. The van der Waals surface area contributed by atoms with E-state index >= 15 is 0 Å². The van der Waals surface area contributed by atoms with Gasteiger partial charge in [0, 0.05) is 16.3 Å². The third-order valence-corrected chi connectivity index (χ3v) is 3.67. The van der Waals surface area contributed by atoms with E-state index in [1.165, 1.54) is 0 Å². The van der Waals surface area contributed by atoms with Crippen molar-refractivity contribution >= 4 is 34.2 Å². The lowest BCUT2D eigenvalue weighted by Crippen LogP contribution is -2.37. The molecule has 0 aliphatic carbocycles. The second-order valence-electron chi connectivity index (χ2n) is 4.45. The van der Waals surface area contributed by atoms with Crippen molar-refractivity contribution in [3.63, 3.8) is 0 Å². The fourth-order valence-corrected chi connectivity index (χ4v) is 2.18. The normalized spacial score (nSPS) is 11.8. The van der Waals surface area contributed by atoms with Crippen molar-refractivity contribution in [3.8, 4) is 5.75 Å². The van der Waals surface area contributed by atoms with Gasteiger partial charge in [-0.15, -0.1) is 0 Å². The second-order valence-corrected chi connectivity index (χ2v) is 5.69. The lowest BCUT2D eigenvalue weighted by Gasteiger charge is -2.22. The molecule has 0 bridgehead atoms. The van der Waals surface area contributed by atoms with E-state index in [0.29, 0.717) is 5.75 Å². The van der Waals surface area contributed by atoms with Crippen LogP contribution >= 0.6 is 22.6 Å². The number of rotatable bonds is 4. The topological polar surface area (TPSA) is 29.5 Å². The van der Waals surface area contributed by atoms with Crippen LogP contribution in [0, 0.1) is 3.57 Å². The standard InChI is InChI=1S/C16H16INO2/c1-12(20-15-10-8-13(17)9-11-15)16(19)18(2)14-6-4-3-5-7-14/h3-12H,1-2H3. The molecule has 0 saturated carbocycles. The molecule has 2 rings (SSSR count). The van der Waals surface area contributed by atoms with Gasteiger partial charge in [0.25, 0.3) is 5.91 Å². The number of anilines is 1. The Bertz CT molecular complexity index is 569. The molecule has 0 fully saturated rings. The summed E-state index contributed by atoms with van der Waals surface area (Å²) in [5.74, 6) is 0.627.